The lowest BCUT2D eigenvalue weighted by atomic mass is 10.0. The van der Waals surface area contributed by atoms with E-state index in [0.717, 1.165) is 17.4 Å². The second kappa shape index (κ2) is 12.1. The van der Waals surface area contributed by atoms with Crippen LogP contribution in [0.25, 0.3) is 10.9 Å². The second-order valence-electron chi connectivity index (χ2n) is 8.69. The zero-order chi connectivity index (χ0) is 26.2. The maximum atomic E-state index is 13.0. The van der Waals surface area contributed by atoms with Crippen molar-refractivity contribution in [3.8, 4) is 11.5 Å². The van der Waals surface area contributed by atoms with Gasteiger partial charge in [-0.1, -0.05) is 36.4 Å². The number of carbonyl (C=O) groups is 3. The van der Waals surface area contributed by atoms with Gasteiger partial charge in [-0.2, -0.15) is 0 Å². The van der Waals surface area contributed by atoms with Gasteiger partial charge >= 0.3 is 5.97 Å². The number of allylic oxidation sites excluding steroid dienone is 1. The third-order valence-corrected chi connectivity index (χ3v) is 6.16. The van der Waals surface area contributed by atoms with E-state index >= 15 is 0 Å². The van der Waals surface area contributed by atoms with Crippen LogP contribution < -0.4 is 20.1 Å². The summed E-state index contributed by atoms with van der Waals surface area (Å²) in [4.78, 5) is 40.4. The summed E-state index contributed by atoms with van der Waals surface area (Å²) in [5.41, 5.74) is 2.02. The van der Waals surface area contributed by atoms with Crippen LogP contribution in [0.4, 0.5) is 0 Å². The van der Waals surface area contributed by atoms with E-state index in [1.807, 2.05) is 30.3 Å². The Bertz CT molecular complexity index is 1300. The van der Waals surface area contributed by atoms with Crippen molar-refractivity contribution in [1.29, 1.82) is 0 Å². The van der Waals surface area contributed by atoms with Gasteiger partial charge in [-0.15, -0.1) is 0 Å². The summed E-state index contributed by atoms with van der Waals surface area (Å²) in [6.45, 7) is 2.91. The lowest BCUT2D eigenvalue weighted by Gasteiger charge is -2.11. The zero-order valence-corrected chi connectivity index (χ0v) is 21.0. The smallest absolute Gasteiger partial charge is 0.354 e. The molecular formula is C28H31N3O6. The molecule has 0 saturated carbocycles. The largest absolute Gasteiger partial charge is 0.493 e. The number of methoxy groups -OCH3 is 1. The highest BCUT2D eigenvalue weighted by Gasteiger charge is 2.24. The van der Waals surface area contributed by atoms with Crippen molar-refractivity contribution in [2.45, 2.75) is 32.8 Å². The minimum Gasteiger partial charge on any atom is -0.493 e. The van der Waals surface area contributed by atoms with Crippen molar-refractivity contribution in [2.75, 3.05) is 20.3 Å². The Balaban J connectivity index is 1.49. The molecule has 1 aliphatic heterocycles. The Morgan fingerprint density at radius 3 is 2.65 bits per heavy atom. The predicted molar refractivity (Wildman–Crippen MR) is 138 cm³/mol. The summed E-state index contributed by atoms with van der Waals surface area (Å²) in [6, 6.07) is 15.0. The van der Waals surface area contributed by atoms with Gasteiger partial charge in [0.1, 0.15) is 18.0 Å². The number of amides is 2. The van der Waals surface area contributed by atoms with E-state index < -0.39 is 11.9 Å². The number of carbonyl (C=O) groups excluding carboxylic acids is 3. The first-order chi connectivity index (χ1) is 18.0. The second-order valence-corrected chi connectivity index (χ2v) is 8.69. The van der Waals surface area contributed by atoms with Crippen molar-refractivity contribution in [3.63, 3.8) is 0 Å². The monoisotopic (exact) mass is 505 g/mol. The molecule has 3 N–H and O–H groups in total. The van der Waals surface area contributed by atoms with E-state index in [1.165, 1.54) is 0 Å². The van der Waals surface area contributed by atoms with Gasteiger partial charge in [0.05, 0.1) is 13.7 Å². The third kappa shape index (κ3) is 6.49. The molecule has 37 heavy (non-hydrogen) atoms. The van der Waals surface area contributed by atoms with E-state index in [0.29, 0.717) is 43.0 Å². The van der Waals surface area contributed by atoms with Crippen LogP contribution in [-0.2, 0) is 20.9 Å². The SMILES string of the molecule is CCOC(=O)C(=CCC[C@H]1CCNC1=O)NC(=O)c1cc2cc(OC)c(OCc3ccccc3)cc2[nH]1. The lowest BCUT2D eigenvalue weighted by molar-refractivity contribution is -0.138. The van der Waals surface area contributed by atoms with Crippen LogP contribution in [0.15, 0.2) is 60.3 Å². The highest BCUT2D eigenvalue weighted by molar-refractivity contribution is 6.03. The average molecular weight is 506 g/mol. The zero-order valence-electron chi connectivity index (χ0n) is 21.0. The van der Waals surface area contributed by atoms with E-state index in [9.17, 15) is 14.4 Å². The van der Waals surface area contributed by atoms with Gasteiger partial charge < -0.3 is 29.8 Å². The first-order valence-corrected chi connectivity index (χ1v) is 12.3. The topological polar surface area (TPSA) is 119 Å². The Kier molecular flexibility index (Phi) is 8.45. The molecule has 0 aliphatic carbocycles. The molecule has 4 rings (SSSR count). The fraction of sp³-hybridized carbons (Fsp3) is 0.321. The minimum absolute atomic E-state index is 0.0238. The number of ether oxygens (including phenoxy) is 3. The van der Waals surface area contributed by atoms with Gasteiger partial charge in [-0.05, 0) is 43.9 Å². The molecule has 0 spiro atoms. The van der Waals surface area contributed by atoms with E-state index in [-0.39, 0.29) is 29.8 Å². The molecule has 1 aromatic heterocycles. The third-order valence-electron chi connectivity index (χ3n) is 6.16. The molecule has 1 saturated heterocycles. The summed E-state index contributed by atoms with van der Waals surface area (Å²) >= 11 is 0. The number of aromatic amines is 1. The van der Waals surface area contributed by atoms with Gasteiger partial charge in [0, 0.05) is 29.4 Å². The molecule has 9 nitrogen and oxygen atoms in total. The van der Waals surface area contributed by atoms with Crippen molar-refractivity contribution in [1.82, 2.24) is 15.6 Å². The summed E-state index contributed by atoms with van der Waals surface area (Å²) in [5.74, 6) is -0.0952. The summed E-state index contributed by atoms with van der Waals surface area (Å²) in [5, 5.41) is 6.21. The molecule has 194 valence electrons. The molecule has 0 radical (unpaired) electrons. The normalized spacial score (nSPS) is 15.4. The van der Waals surface area contributed by atoms with Gasteiger partial charge in [-0.25, -0.2) is 4.79 Å². The highest BCUT2D eigenvalue weighted by Crippen LogP contribution is 2.33. The van der Waals surface area contributed by atoms with E-state index in [2.05, 4.69) is 15.6 Å². The molecule has 2 heterocycles. The maximum absolute atomic E-state index is 13.0. The number of fused-ring (bicyclic) bond motifs is 1. The standard InChI is InChI=1S/C28H31N3O6/c1-3-36-28(34)21(11-7-10-19-12-13-29-26(19)32)31-27(33)23-14-20-15-24(35-2)25(16-22(20)30-23)37-17-18-8-5-4-6-9-18/h4-6,8-9,11,14-16,19,30H,3,7,10,12-13,17H2,1-2H3,(H,29,32)(H,31,33)/t19-/m0/s1. The van der Waals surface area contributed by atoms with Crippen LogP contribution in [0.1, 0.15) is 42.2 Å². The van der Waals surface area contributed by atoms with Crippen molar-refractivity contribution >= 4 is 28.7 Å². The average Bonchev–Trinajstić information content (AvgIpc) is 3.52. The summed E-state index contributed by atoms with van der Waals surface area (Å²) in [6.07, 6.45) is 3.42. The van der Waals surface area contributed by atoms with Gasteiger partial charge in [0.2, 0.25) is 5.91 Å². The molecule has 1 atom stereocenters. The molecular weight excluding hydrogens is 474 g/mol. The number of aromatic nitrogens is 1. The van der Waals surface area contributed by atoms with Crippen LogP contribution in [0.3, 0.4) is 0 Å². The molecule has 2 aromatic carbocycles. The number of rotatable bonds is 11. The van der Waals surface area contributed by atoms with Crippen LogP contribution in [0, 0.1) is 5.92 Å². The number of hydrogen-bond acceptors (Lipinski definition) is 6. The molecule has 1 fully saturated rings. The first kappa shape index (κ1) is 25.8. The van der Waals surface area contributed by atoms with Crippen molar-refractivity contribution in [2.24, 2.45) is 5.92 Å². The molecule has 9 heteroatoms. The molecule has 2 amide bonds. The lowest BCUT2D eigenvalue weighted by Crippen LogP contribution is -2.29. The maximum Gasteiger partial charge on any atom is 0.354 e. The summed E-state index contributed by atoms with van der Waals surface area (Å²) < 4.78 is 16.6. The van der Waals surface area contributed by atoms with Crippen molar-refractivity contribution in [3.05, 3.63) is 71.6 Å². The fourth-order valence-corrected chi connectivity index (χ4v) is 4.20. The molecule has 3 aromatic rings. The van der Waals surface area contributed by atoms with E-state index in [1.54, 1.807) is 38.3 Å². The molecule has 1 aliphatic rings. The van der Waals surface area contributed by atoms with Crippen LogP contribution in [0.5, 0.6) is 11.5 Å². The van der Waals surface area contributed by atoms with Gasteiger partial charge in [-0.3, -0.25) is 9.59 Å². The number of benzene rings is 2. The van der Waals surface area contributed by atoms with Crippen molar-refractivity contribution < 1.29 is 28.6 Å². The van der Waals surface area contributed by atoms with Gasteiger partial charge in [0.25, 0.3) is 5.91 Å². The Labute approximate surface area is 215 Å². The Morgan fingerprint density at radius 2 is 1.95 bits per heavy atom. The number of nitrogens with one attached hydrogen (secondary N) is 3. The first-order valence-electron chi connectivity index (χ1n) is 12.3. The molecule has 0 unspecified atom stereocenters. The summed E-state index contributed by atoms with van der Waals surface area (Å²) in [7, 11) is 1.56. The van der Waals surface area contributed by atoms with Crippen LogP contribution in [-0.4, -0.2) is 43.0 Å². The van der Waals surface area contributed by atoms with Gasteiger partial charge in [0.15, 0.2) is 11.5 Å². The Hall–Kier alpha value is -4.27. The molecule has 0 bridgehead atoms. The minimum atomic E-state index is -0.624. The highest BCUT2D eigenvalue weighted by atomic mass is 16.5. The van der Waals surface area contributed by atoms with Crippen LogP contribution >= 0.6 is 0 Å². The van der Waals surface area contributed by atoms with E-state index in [4.69, 9.17) is 14.2 Å². The Morgan fingerprint density at radius 1 is 1.14 bits per heavy atom. The predicted octanol–water partition coefficient (Wildman–Crippen LogP) is 3.85. The number of hydrogen-bond donors (Lipinski definition) is 3. The number of esters is 1. The fourth-order valence-electron chi connectivity index (χ4n) is 4.20. The van der Waals surface area contributed by atoms with Crippen LogP contribution in [0.2, 0.25) is 0 Å². The number of H-pyrrole nitrogens is 1. The quantitative estimate of drug-likeness (QED) is 0.269.